The van der Waals surface area contributed by atoms with Crippen molar-refractivity contribution >= 4 is 32.7 Å². The number of ether oxygens (including phenoxy) is 1. The van der Waals surface area contributed by atoms with Gasteiger partial charge in [-0.15, -0.1) is 0 Å². The Labute approximate surface area is 138 Å². The van der Waals surface area contributed by atoms with Crippen LogP contribution in [0.1, 0.15) is 11.1 Å². The quantitative estimate of drug-likeness (QED) is 0.719. The summed E-state index contributed by atoms with van der Waals surface area (Å²) in [7, 11) is 1.67. The van der Waals surface area contributed by atoms with Crippen LogP contribution in [0.25, 0.3) is 10.9 Å². The van der Waals surface area contributed by atoms with Crippen molar-refractivity contribution < 1.29 is 4.74 Å². The smallest absolute Gasteiger partial charge is 0.141 e. The van der Waals surface area contributed by atoms with Crippen LogP contribution in [0.4, 0.5) is 5.82 Å². The van der Waals surface area contributed by atoms with Gasteiger partial charge in [0, 0.05) is 11.9 Å². The van der Waals surface area contributed by atoms with Crippen molar-refractivity contribution in [1.82, 2.24) is 4.98 Å². The molecule has 0 aliphatic carbocycles. The summed E-state index contributed by atoms with van der Waals surface area (Å²) in [5, 5.41) is 4.52. The Morgan fingerprint density at radius 2 is 1.86 bits per heavy atom. The van der Waals surface area contributed by atoms with Gasteiger partial charge in [-0.05, 0) is 58.7 Å². The molecule has 3 rings (SSSR count). The maximum absolute atomic E-state index is 5.17. The van der Waals surface area contributed by atoms with E-state index in [0.717, 1.165) is 26.9 Å². The largest absolute Gasteiger partial charge is 0.497 e. The van der Waals surface area contributed by atoms with E-state index in [-0.39, 0.29) is 0 Å². The normalized spacial score (nSPS) is 10.7. The van der Waals surface area contributed by atoms with Crippen molar-refractivity contribution in [3.05, 3.63) is 64.1 Å². The number of halogens is 1. The van der Waals surface area contributed by atoms with Gasteiger partial charge in [-0.2, -0.15) is 0 Å². The minimum absolute atomic E-state index is 0.715. The number of benzene rings is 2. The summed E-state index contributed by atoms with van der Waals surface area (Å²) in [5.41, 5.74) is 3.41. The average molecular weight is 357 g/mol. The predicted molar refractivity (Wildman–Crippen MR) is 94.5 cm³/mol. The Bertz CT molecular complexity index is 800. The number of hydrogen-bond donors (Lipinski definition) is 1. The van der Waals surface area contributed by atoms with Crippen LogP contribution in [0.2, 0.25) is 0 Å². The number of rotatable bonds is 4. The van der Waals surface area contributed by atoms with E-state index in [4.69, 9.17) is 4.74 Å². The van der Waals surface area contributed by atoms with E-state index in [1.807, 2.05) is 24.3 Å². The molecule has 0 radical (unpaired) electrons. The van der Waals surface area contributed by atoms with Crippen molar-refractivity contribution in [2.24, 2.45) is 0 Å². The molecule has 3 nitrogen and oxygen atoms in total. The standard InChI is InChI=1S/C18H17BrN2O/c1-12-3-8-17-14(9-12)10-16(19)18(21-17)20-11-13-4-6-15(22-2)7-5-13/h3-10H,11H2,1-2H3,(H,20,21). The molecule has 22 heavy (non-hydrogen) atoms. The van der Waals surface area contributed by atoms with Crippen molar-refractivity contribution in [1.29, 1.82) is 0 Å². The molecule has 1 N–H and O–H groups in total. The number of nitrogens with one attached hydrogen (secondary N) is 1. The van der Waals surface area contributed by atoms with E-state index in [2.05, 4.69) is 57.4 Å². The van der Waals surface area contributed by atoms with Crippen LogP contribution < -0.4 is 10.1 Å². The molecule has 112 valence electrons. The second-order valence-corrected chi connectivity index (χ2v) is 6.07. The van der Waals surface area contributed by atoms with Crippen LogP contribution in [-0.2, 0) is 6.54 Å². The lowest BCUT2D eigenvalue weighted by Gasteiger charge is -2.10. The lowest BCUT2D eigenvalue weighted by molar-refractivity contribution is 0.414. The Kier molecular flexibility index (Phi) is 4.29. The van der Waals surface area contributed by atoms with Gasteiger partial charge in [-0.3, -0.25) is 0 Å². The molecule has 3 aromatic rings. The van der Waals surface area contributed by atoms with E-state index in [0.29, 0.717) is 6.54 Å². The second-order valence-electron chi connectivity index (χ2n) is 5.22. The van der Waals surface area contributed by atoms with Gasteiger partial charge < -0.3 is 10.1 Å². The SMILES string of the molecule is COc1ccc(CNc2nc3ccc(C)cc3cc2Br)cc1. The molecule has 0 bridgehead atoms. The minimum Gasteiger partial charge on any atom is -0.497 e. The van der Waals surface area contributed by atoms with Crippen LogP contribution in [0.5, 0.6) is 5.75 Å². The molecule has 2 aromatic carbocycles. The lowest BCUT2D eigenvalue weighted by atomic mass is 10.1. The topological polar surface area (TPSA) is 34.1 Å². The Balaban J connectivity index is 1.80. The molecule has 0 spiro atoms. The summed E-state index contributed by atoms with van der Waals surface area (Å²) in [6, 6.07) is 16.4. The highest BCUT2D eigenvalue weighted by Crippen LogP contribution is 2.26. The third kappa shape index (κ3) is 3.22. The fourth-order valence-corrected chi connectivity index (χ4v) is 2.80. The highest BCUT2D eigenvalue weighted by atomic mass is 79.9. The highest BCUT2D eigenvalue weighted by molar-refractivity contribution is 9.10. The van der Waals surface area contributed by atoms with E-state index in [1.54, 1.807) is 7.11 Å². The molecule has 0 aliphatic heterocycles. The number of nitrogens with zero attached hydrogens (tertiary/aromatic N) is 1. The first kappa shape index (κ1) is 14.9. The van der Waals surface area contributed by atoms with E-state index >= 15 is 0 Å². The zero-order valence-electron chi connectivity index (χ0n) is 12.6. The first-order chi connectivity index (χ1) is 10.7. The molecule has 0 amide bonds. The zero-order chi connectivity index (χ0) is 15.5. The fourth-order valence-electron chi connectivity index (χ4n) is 2.32. The van der Waals surface area contributed by atoms with Crippen LogP contribution in [-0.4, -0.2) is 12.1 Å². The first-order valence-corrected chi connectivity index (χ1v) is 7.89. The van der Waals surface area contributed by atoms with Gasteiger partial charge in [0.25, 0.3) is 0 Å². The van der Waals surface area contributed by atoms with Crippen molar-refractivity contribution in [2.45, 2.75) is 13.5 Å². The van der Waals surface area contributed by atoms with E-state index < -0.39 is 0 Å². The van der Waals surface area contributed by atoms with Gasteiger partial charge >= 0.3 is 0 Å². The molecule has 0 atom stereocenters. The number of fused-ring (bicyclic) bond motifs is 1. The summed E-state index contributed by atoms with van der Waals surface area (Å²) in [4.78, 5) is 4.68. The Hall–Kier alpha value is -2.07. The van der Waals surface area contributed by atoms with Gasteiger partial charge in [0.05, 0.1) is 17.1 Å². The number of methoxy groups -OCH3 is 1. The van der Waals surface area contributed by atoms with Crippen molar-refractivity contribution in [2.75, 3.05) is 12.4 Å². The summed E-state index contributed by atoms with van der Waals surface area (Å²) in [5.74, 6) is 1.72. The summed E-state index contributed by atoms with van der Waals surface area (Å²) >= 11 is 3.59. The molecule has 1 heterocycles. The molecule has 0 unspecified atom stereocenters. The number of anilines is 1. The fraction of sp³-hybridized carbons (Fsp3) is 0.167. The van der Waals surface area contributed by atoms with Crippen LogP contribution >= 0.6 is 15.9 Å². The van der Waals surface area contributed by atoms with Crippen LogP contribution in [0.3, 0.4) is 0 Å². The Morgan fingerprint density at radius 1 is 1.09 bits per heavy atom. The summed E-state index contributed by atoms with van der Waals surface area (Å²) in [6.45, 7) is 2.80. The summed E-state index contributed by atoms with van der Waals surface area (Å²) in [6.07, 6.45) is 0. The molecule has 0 saturated heterocycles. The molecule has 0 fully saturated rings. The van der Waals surface area contributed by atoms with E-state index in [9.17, 15) is 0 Å². The van der Waals surface area contributed by atoms with Crippen LogP contribution in [0.15, 0.2) is 53.0 Å². The van der Waals surface area contributed by atoms with Crippen molar-refractivity contribution in [3.63, 3.8) is 0 Å². The summed E-state index contributed by atoms with van der Waals surface area (Å²) < 4.78 is 6.14. The third-order valence-electron chi connectivity index (χ3n) is 3.54. The Morgan fingerprint density at radius 3 is 2.59 bits per heavy atom. The first-order valence-electron chi connectivity index (χ1n) is 7.09. The lowest BCUT2D eigenvalue weighted by Crippen LogP contribution is -2.02. The number of pyridine rings is 1. The molecular weight excluding hydrogens is 340 g/mol. The minimum atomic E-state index is 0.715. The number of hydrogen-bond acceptors (Lipinski definition) is 3. The van der Waals surface area contributed by atoms with Gasteiger partial charge in [-0.1, -0.05) is 23.8 Å². The number of aromatic nitrogens is 1. The molecule has 0 aliphatic rings. The van der Waals surface area contributed by atoms with E-state index in [1.165, 1.54) is 11.1 Å². The zero-order valence-corrected chi connectivity index (χ0v) is 14.1. The van der Waals surface area contributed by atoms with Crippen molar-refractivity contribution in [3.8, 4) is 5.75 Å². The number of aryl methyl sites for hydroxylation is 1. The molecule has 1 aromatic heterocycles. The average Bonchev–Trinajstić information content (AvgIpc) is 2.53. The maximum atomic E-state index is 5.17. The maximum Gasteiger partial charge on any atom is 0.141 e. The molecular formula is C18H17BrN2O. The van der Waals surface area contributed by atoms with Gasteiger partial charge in [0.2, 0.25) is 0 Å². The van der Waals surface area contributed by atoms with Gasteiger partial charge in [-0.25, -0.2) is 4.98 Å². The molecule has 0 saturated carbocycles. The predicted octanol–water partition coefficient (Wildman–Crippen LogP) is 4.93. The monoisotopic (exact) mass is 356 g/mol. The highest BCUT2D eigenvalue weighted by Gasteiger charge is 2.05. The van der Waals surface area contributed by atoms with Gasteiger partial charge in [0.1, 0.15) is 11.6 Å². The second kappa shape index (κ2) is 6.36. The molecule has 4 heteroatoms. The third-order valence-corrected chi connectivity index (χ3v) is 4.15. The van der Waals surface area contributed by atoms with Crippen LogP contribution in [0, 0.1) is 6.92 Å². The van der Waals surface area contributed by atoms with Gasteiger partial charge in [0.15, 0.2) is 0 Å².